The fourth-order valence-electron chi connectivity index (χ4n) is 4.92. The average Bonchev–Trinajstić information content (AvgIpc) is 3.22. The van der Waals surface area contributed by atoms with Gasteiger partial charge in [0, 0.05) is 22.6 Å². The molecule has 0 spiro atoms. The molecular formula is C26H24N2O6. The number of hydrogen-bond donors (Lipinski definition) is 1. The molecule has 0 saturated carbocycles. The van der Waals surface area contributed by atoms with E-state index in [1.165, 1.54) is 13.2 Å². The van der Waals surface area contributed by atoms with Gasteiger partial charge in [-0.1, -0.05) is 19.9 Å². The van der Waals surface area contributed by atoms with Crippen molar-refractivity contribution in [3.63, 3.8) is 0 Å². The fraction of sp³-hybridized carbons (Fsp3) is 0.308. The van der Waals surface area contributed by atoms with Gasteiger partial charge in [0.05, 0.1) is 36.1 Å². The number of esters is 2. The number of cyclic esters (lactones) is 1. The molecule has 34 heavy (non-hydrogen) atoms. The van der Waals surface area contributed by atoms with Crippen LogP contribution in [0.1, 0.15) is 48.1 Å². The summed E-state index contributed by atoms with van der Waals surface area (Å²) < 4.78 is 11.4. The van der Waals surface area contributed by atoms with Gasteiger partial charge in [0.15, 0.2) is 5.60 Å². The number of aryl methyl sites for hydroxylation is 1. The quantitative estimate of drug-likeness (QED) is 0.369. The van der Waals surface area contributed by atoms with Crippen LogP contribution in [0.15, 0.2) is 35.1 Å². The van der Waals surface area contributed by atoms with E-state index in [0.29, 0.717) is 35.5 Å². The Morgan fingerprint density at radius 3 is 2.76 bits per heavy atom. The maximum absolute atomic E-state index is 13.4. The first-order chi connectivity index (χ1) is 16.3. The number of rotatable bonds is 4. The lowest BCUT2D eigenvalue weighted by atomic mass is 9.86. The van der Waals surface area contributed by atoms with E-state index in [1.54, 1.807) is 23.6 Å². The van der Waals surface area contributed by atoms with Crippen molar-refractivity contribution in [3.05, 3.63) is 68.5 Å². The largest absolute Gasteiger partial charge is 0.466 e. The minimum atomic E-state index is -1.85. The Kier molecular flexibility index (Phi) is 5.13. The zero-order valence-electron chi connectivity index (χ0n) is 19.2. The van der Waals surface area contributed by atoms with Crippen molar-refractivity contribution >= 4 is 28.9 Å². The molecule has 174 valence electrons. The third kappa shape index (κ3) is 3.09. The predicted octanol–water partition coefficient (Wildman–Crippen LogP) is 2.83. The summed E-state index contributed by atoms with van der Waals surface area (Å²) in [6.45, 7) is 3.93. The van der Waals surface area contributed by atoms with Crippen LogP contribution in [0.3, 0.4) is 0 Å². The van der Waals surface area contributed by atoms with Gasteiger partial charge in [0.25, 0.3) is 5.56 Å². The third-order valence-electron chi connectivity index (χ3n) is 6.80. The highest BCUT2D eigenvalue weighted by Gasteiger charge is 2.45. The Morgan fingerprint density at radius 2 is 2.06 bits per heavy atom. The van der Waals surface area contributed by atoms with Crippen LogP contribution in [0.25, 0.3) is 28.4 Å². The second-order valence-electron chi connectivity index (χ2n) is 8.51. The molecule has 8 nitrogen and oxygen atoms in total. The number of nitrogens with zero attached hydrogens (tertiary/aromatic N) is 2. The molecule has 1 N–H and O–H groups in total. The van der Waals surface area contributed by atoms with Crippen molar-refractivity contribution < 1.29 is 24.2 Å². The molecule has 5 rings (SSSR count). The van der Waals surface area contributed by atoms with Crippen LogP contribution in [-0.4, -0.2) is 33.7 Å². The Balaban J connectivity index is 1.71. The van der Waals surface area contributed by atoms with E-state index < -0.39 is 17.5 Å². The summed E-state index contributed by atoms with van der Waals surface area (Å²) in [6, 6.07) is 7.43. The lowest BCUT2D eigenvalue weighted by Crippen LogP contribution is -2.44. The molecule has 2 aliphatic rings. The number of benzene rings is 1. The number of carbonyl (C=O) groups is 2. The maximum Gasteiger partial charge on any atom is 0.343 e. The highest BCUT2D eigenvalue weighted by Crippen LogP contribution is 2.40. The number of fused-ring (bicyclic) bond motifs is 5. The minimum Gasteiger partial charge on any atom is -0.466 e. The fourth-order valence-corrected chi connectivity index (χ4v) is 4.92. The summed E-state index contributed by atoms with van der Waals surface area (Å²) >= 11 is 0. The van der Waals surface area contributed by atoms with Gasteiger partial charge >= 0.3 is 11.9 Å². The molecule has 0 fully saturated rings. The van der Waals surface area contributed by atoms with Gasteiger partial charge in [0.1, 0.15) is 6.61 Å². The van der Waals surface area contributed by atoms with Gasteiger partial charge in [-0.25, -0.2) is 14.6 Å². The molecule has 1 unspecified atom stereocenters. The molecular weight excluding hydrogens is 436 g/mol. The Hall–Kier alpha value is -3.78. The van der Waals surface area contributed by atoms with Crippen LogP contribution in [0.5, 0.6) is 0 Å². The van der Waals surface area contributed by atoms with Gasteiger partial charge < -0.3 is 19.1 Å². The molecule has 4 heterocycles. The Labute approximate surface area is 195 Å². The van der Waals surface area contributed by atoms with E-state index >= 15 is 0 Å². The first kappa shape index (κ1) is 22.0. The standard InChI is InChI=1S/C26H24N2O6/c1-4-15-16-10-14(7-9-22(29)33-3)6-8-20(16)27-23-17(15)12-28-21(23)11-19-18(24(28)30)13-34-25(31)26(19,32)5-2/h6-11,32H,4-5,12-13H2,1-3H3. The van der Waals surface area contributed by atoms with Crippen molar-refractivity contribution in [2.24, 2.45) is 0 Å². The molecule has 0 radical (unpaired) electrons. The molecule has 8 heteroatoms. The first-order valence-corrected chi connectivity index (χ1v) is 11.2. The SMILES string of the molecule is CCc1c2c(nc3ccc(C=CC(=O)OC)cc13)-c1cc3c(c(=O)n1C2)COC(=O)C3(O)CC. The number of carbonyl (C=O) groups excluding carboxylic acids is 2. The van der Waals surface area contributed by atoms with Gasteiger partial charge in [-0.2, -0.15) is 0 Å². The average molecular weight is 460 g/mol. The van der Waals surface area contributed by atoms with E-state index in [2.05, 4.69) is 4.74 Å². The molecule has 0 amide bonds. The summed E-state index contributed by atoms with van der Waals surface area (Å²) in [7, 11) is 1.33. The van der Waals surface area contributed by atoms with Crippen molar-refractivity contribution in [1.82, 2.24) is 9.55 Å². The summed E-state index contributed by atoms with van der Waals surface area (Å²) in [5, 5.41) is 12.0. The topological polar surface area (TPSA) is 108 Å². The van der Waals surface area contributed by atoms with E-state index in [0.717, 1.165) is 27.6 Å². The van der Waals surface area contributed by atoms with Crippen LogP contribution in [0.4, 0.5) is 0 Å². The van der Waals surface area contributed by atoms with Gasteiger partial charge in [-0.05, 0) is 48.2 Å². The van der Waals surface area contributed by atoms with Crippen LogP contribution in [0, 0.1) is 0 Å². The van der Waals surface area contributed by atoms with Crippen LogP contribution in [0.2, 0.25) is 0 Å². The number of hydrogen-bond acceptors (Lipinski definition) is 7. The lowest BCUT2D eigenvalue weighted by Gasteiger charge is -2.31. The van der Waals surface area contributed by atoms with E-state index in [9.17, 15) is 19.5 Å². The molecule has 0 saturated heterocycles. The Bertz CT molecular complexity index is 1470. The van der Waals surface area contributed by atoms with Gasteiger partial charge in [-0.3, -0.25) is 4.79 Å². The van der Waals surface area contributed by atoms with Crippen molar-refractivity contribution in [2.45, 2.75) is 45.4 Å². The number of aromatic nitrogens is 2. The van der Waals surface area contributed by atoms with Crippen LogP contribution >= 0.6 is 0 Å². The molecule has 2 aliphatic heterocycles. The molecule has 1 aromatic carbocycles. The normalized spacial score (nSPS) is 18.5. The summed E-state index contributed by atoms with van der Waals surface area (Å²) in [5.41, 5.74) is 3.34. The highest BCUT2D eigenvalue weighted by atomic mass is 16.6. The summed E-state index contributed by atoms with van der Waals surface area (Å²) in [6.07, 6.45) is 3.87. The highest BCUT2D eigenvalue weighted by molar-refractivity contribution is 5.92. The van der Waals surface area contributed by atoms with Crippen molar-refractivity contribution in [2.75, 3.05) is 7.11 Å². The predicted molar refractivity (Wildman–Crippen MR) is 125 cm³/mol. The summed E-state index contributed by atoms with van der Waals surface area (Å²) in [5.74, 6) is -1.17. The van der Waals surface area contributed by atoms with Crippen molar-refractivity contribution in [1.29, 1.82) is 0 Å². The van der Waals surface area contributed by atoms with E-state index in [4.69, 9.17) is 9.72 Å². The van der Waals surface area contributed by atoms with Gasteiger partial charge in [0.2, 0.25) is 0 Å². The molecule has 1 atom stereocenters. The lowest BCUT2D eigenvalue weighted by molar-refractivity contribution is -0.172. The van der Waals surface area contributed by atoms with Gasteiger partial charge in [-0.15, -0.1) is 0 Å². The molecule has 0 bridgehead atoms. The van der Waals surface area contributed by atoms with Crippen molar-refractivity contribution in [3.8, 4) is 11.4 Å². The zero-order chi connectivity index (χ0) is 24.2. The zero-order valence-corrected chi connectivity index (χ0v) is 19.2. The first-order valence-electron chi connectivity index (χ1n) is 11.2. The smallest absolute Gasteiger partial charge is 0.343 e. The molecule has 2 aromatic heterocycles. The minimum absolute atomic E-state index is 0.0990. The van der Waals surface area contributed by atoms with Crippen LogP contribution in [-0.2, 0) is 44.2 Å². The number of aliphatic hydroxyl groups is 1. The second-order valence-corrected chi connectivity index (χ2v) is 8.51. The number of methoxy groups -OCH3 is 1. The second kappa shape index (κ2) is 7.92. The monoisotopic (exact) mass is 460 g/mol. The third-order valence-corrected chi connectivity index (χ3v) is 6.80. The van der Waals surface area contributed by atoms with E-state index in [-0.39, 0.29) is 18.6 Å². The molecule has 0 aliphatic carbocycles. The number of ether oxygens (including phenoxy) is 2. The Morgan fingerprint density at radius 1 is 1.26 bits per heavy atom. The van der Waals surface area contributed by atoms with Crippen LogP contribution < -0.4 is 5.56 Å². The summed E-state index contributed by atoms with van der Waals surface area (Å²) in [4.78, 5) is 42.1. The number of pyridine rings is 2. The molecule has 3 aromatic rings. The van der Waals surface area contributed by atoms with E-state index in [1.807, 2.05) is 25.1 Å². The maximum atomic E-state index is 13.4.